The molecule has 122 valence electrons. The van der Waals surface area contributed by atoms with E-state index in [1.165, 1.54) is 32.1 Å². The van der Waals surface area contributed by atoms with Crippen LogP contribution >= 0.6 is 0 Å². The molecule has 3 heterocycles. The lowest BCUT2D eigenvalue weighted by Gasteiger charge is -2.37. The van der Waals surface area contributed by atoms with E-state index in [1.807, 2.05) is 0 Å². The average Bonchev–Trinajstić information content (AvgIpc) is 3.10. The van der Waals surface area contributed by atoms with Crippen LogP contribution in [-0.4, -0.2) is 62.0 Å². The van der Waals surface area contributed by atoms with E-state index in [-0.39, 0.29) is 12.1 Å². The molecule has 2 aliphatic heterocycles. The zero-order chi connectivity index (χ0) is 15.1. The molecular weight excluding hydrogens is 278 g/mol. The van der Waals surface area contributed by atoms with Gasteiger partial charge in [0.1, 0.15) is 5.82 Å². The minimum absolute atomic E-state index is 0.220. The van der Waals surface area contributed by atoms with Gasteiger partial charge in [0.25, 0.3) is 0 Å². The van der Waals surface area contributed by atoms with E-state index in [2.05, 4.69) is 31.6 Å². The fraction of sp³-hybridized carbons (Fsp3) is 0.875. The van der Waals surface area contributed by atoms with Gasteiger partial charge in [0.2, 0.25) is 0 Å². The number of nitrogens with zero attached hydrogens (tertiary/aromatic N) is 5. The van der Waals surface area contributed by atoms with Crippen LogP contribution in [0.2, 0.25) is 0 Å². The van der Waals surface area contributed by atoms with Crippen molar-refractivity contribution in [2.45, 2.75) is 69.8 Å². The van der Waals surface area contributed by atoms with Gasteiger partial charge in [-0.3, -0.25) is 9.80 Å². The second kappa shape index (κ2) is 5.91. The molecule has 0 radical (unpaired) electrons. The third kappa shape index (κ3) is 2.57. The van der Waals surface area contributed by atoms with Gasteiger partial charge >= 0.3 is 0 Å². The highest BCUT2D eigenvalue weighted by Crippen LogP contribution is 2.32. The fourth-order valence-corrected chi connectivity index (χ4v) is 4.48. The van der Waals surface area contributed by atoms with Gasteiger partial charge in [0, 0.05) is 25.7 Å². The minimum Gasteiger partial charge on any atom is -0.392 e. The van der Waals surface area contributed by atoms with Gasteiger partial charge in [-0.1, -0.05) is 19.3 Å². The molecule has 0 amide bonds. The first-order chi connectivity index (χ1) is 10.7. The molecule has 0 spiro atoms. The van der Waals surface area contributed by atoms with E-state index < -0.39 is 0 Å². The Kier molecular flexibility index (Phi) is 3.92. The van der Waals surface area contributed by atoms with Crippen molar-refractivity contribution in [3.63, 3.8) is 0 Å². The van der Waals surface area contributed by atoms with E-state index in [1.54, 1.807) is 0 Å². The summed E-state index contributed by atoms with van der Waals surface area (Å²) in [4.78, 5) is 4.82. The van der Waals surface area contributed by atoms with Crippen LogP contribution in [0.4, 0.5) is 0 Å². The van der Waals surface area contributed by atoms with Crippen LogP contribution in [0.5, 0.6) is 0 Å². The maximum Gasteiger partial charge on any atom is 0.150 e. The predicted molar refractivity (Wildman–Crippen MR) is 83.3 cm³/mol. The molecule has 1 aromatic rings. The number of likely N-dealkylation sites (N-methyl/N-ethyl adjacent to an activating group) is 1. The molecule has 1 N–H and O–H groups in total. The Bertz CT molecular complexity index is 525. The molecule has 3 aliphatic rings. The smallest absolute Gasteiger partial charge is 0.150 e. The molecule has 6 heteroatoms. The first kappa shape index (κ1) is 14.6. The third-order valence-electron chi connectivity index (χ3n) is 5.73. The van der Waals surface area contributed by atoms with Crippen molar-refractivity contribution in [2.24, 2.45) is 0 Å². The maximum absolute atomic E-state index is 9.88. The SMILES string of the molecule is CN1C[C@H](O)C[C@H]1c1nnc2n1CCN(C1CCCCC1)C2. The van der Waals surface area contributed by atoms with Crippen molar-refractivity contribution in [3.8, 4) is 0 Å². The molecular formula is C16H27N5O. The van der Waals surface area contributed by atoms with Crippen LogP contribution in [-0.2, 0) is 13.1 Å². The van der Waals surface area contributed by atoms with Gasteiger partial charge in [-0.25, -0.2) is 0 Å². The lowest BCUT2D eigenvalue weighted by molar-refractivity contribution is 0.119. The molecule has 22 heavy (non-hydrogen) atoms. The monoisotopic (exact) mass is 305 g/mol. The minimum atomic E-state index is -0.231. The van der Waals surface area contributed by atoms with Gasteiger partial charge in [-0.2, -0.15) is 0 Å². The molecule has 1 aliphatic carbocycles. The van der Waals surface area contributed by atoms with Gasteiger partial charge in [0.15, 0.2) is 5.82 Å². The first-order valence-corrected chi connectivity index (χ1v) is 8.76. The molecule has 4 rings (SSSR count). The van der Waals surface area contributed by atoms with Crippen molar-refractivity contribution in [1.29, 1.82) is 0 Å². The number of hydrogen-bond donors (Lipinski definition) is 1. The highest BCUT2D eigenvalue weighted by atomic mass is 16.3. The molecule has 1 aromatic heterocycles. The summed E-state index contributed by atoms with van der Waals surface area (Å²) >= 11 is 0. The Labute approximate surface area is 132 Å². The second-order valence-corrected chi connectivity index (χ2v) is 7.23. The lowest BCUT2D eigenvalue weighted by Crippen LogP contribution is -2.42. The molecule has 0 aromatic carbocycles. The molecule has 0 bridgehead atoms. The summed E-state index contributed by atoms with van der Waals surface area (Å²) in [5, 5.41) is 18.8. The van der Waals surface area contributed by atoms with E-state index in [0.29, 0.717) is 0 Å². The number of β-amino-alcohol motifs (C(OH)–C–C–N with tert-alkyl or cyclic N) is 1. The number of aliphatic hydroxyl groups is 1. The number of rotatable bonds is 2. The number of likely N-dealkylation sites (tertiary alicyclic amines) is 1. The van der Waals surface area contributed by atoms with E-state index in [9.17, 15) is 5.11 Å². The van der Waals surface area contributed by atoms with Gasteiger partial charge in [-0.05, 0) is 26.3 Å². The largest absolute Gasteiger partial charge is 0.392 e. The summed E-state index contributed by atoms with van der Waals surface area (Å²) < 4.78 is 2.30. The highest BCUT2D eigenvalue weighted by Gasteiger charge is 2.35. The molecule has 2 atom stereocenters. The predicted octanol–water partition coefficient (Wildman–Crippen LogP) is 1.16. The van der Waals surface area contributed by atoms with Crippen LogP contribution < -0.4 is 0 Å². The molecule has 1 saturated carbocycles. The van der Waals surface area contributed by atoms with Crippen molar-refractivity contribution in [2.75, 3.05) is 20.1 Å². The molecule has 6 nitrogen and oxygen atoms in total. The van der Waals surface area contributed by atoms with Crippen LogP contribution in [0, 0.1) is 0 Å². The normalized spacial score (nSPS) is 31.5. The van der Waals surface area contributed by atoms with Crippen LogP contribution in [0.1, 0.15) is 56.2 Å². The maximum atomic E-state index is 9.88. The summed E-state index contributed by atoms with van der Waals surface area (Å²) in [5.41, 5.74) is 0. The first-order valence-electron chi connectivity index (χ1n) is 8.76. The summed E-state index contributed by atoms with van der Waals surface area (Å²) in [7, 11) is 2.07. The van der Waals surface area contributed by atoms with Crippen molar-refractivity contribution in [1.82, 2.24) is 24.6 Å². The van der Waals surface area contributed by atoms with Crippen LogP contribution in [0.15, 0.2) is 0 Å². The van der Waals surface area contributed by atoms with Crippen LogP contribution in [0.25, 0.3) is 0 Å². The number of aliphatic hydroxyl groups excluding tert-OH is 1. The quantitative estimate of drug-likeness (QED) is 0.889. The van der Waals surface area contributed by atoms with Crippen molar-refractivity contribution >= 4 is 0 Å². The summed E-state index contributed by atoms with van der Waals surface area (Å²) in [6.07, 6.45) is 7.40. The van der Waals surface area contributed by atoms with E-state index >= 15 is 0 Å². The fourth-order valence-electron chi connectivity index (χ4n) is 4.48. The number of fused-ring (bicyclic) bond motifs is 1. The Hall–Kier alpha value is -0.980. The lowest BCUT2D eigenvalue weighted by atomic mass is 9.94. The van der Waals surface area contributed by atoms with Crippen molar-refractivity contribution < 1.29 is 5.11 Å². The van der Waals surface area contributed by atoms with Crippen molar-refractivity contribution in [3.05, 3.63) is 11.6 Å². The van der Waals surface area contributed by atoms with Gasteiger partial charge in [0.05, 0.1) is 18.7 Å². The number of hydrogen-bond acceptors (Lipinski definition) is 5. The Morgan fingerprint density at radius 2 is 1.91 bits per heavy atom. The Balaban J connectivity index is 1.50. The Morgan fingerprint density at radius 3 is 2.64 bits per heavy atom. The highest BCUT2D eigenvalue weighted by molar-refractivity contribution is 5.07. The third-order valence-corrected chi connectivity index (χ3v) is 5.73. The van der Waals surface area contributed by atoms with E-state index in [4.69, 9.17) is 0 Å². The second-order valence-electron chi connectivity index (χ2n) is 7.23. The standard InChI is InChI=1S/C16H27N5O/c1-19-10-13(22)9-14(19)16-18-17-15-11-20(7-8-21(15)16)12-5-3-2-4-6-12/h12-14,22H,2-11H2,1H3/t13-,14+/m1/s1. The molecule has 0 unspecified atom stereocenters. The van der Waals surface area contributed by atoms with Gasteiger partial charge in [-0.15, -0.1) is 10.2 Å². The van der Waals surface area contributed by atoms with Gasteiger partial charge < -0.3 is 9.67 Å². The zero-order valence-electron chi connectivity index (χ0n) is 13.5. The van der Waals surface area contributed by atoms with E-state index in [0.717, 1.165) is 50.3 Å². The summed E-state index contributed by atoms with van der Waals surface area (Å²) in [6.45, 7) is 3.79. The molecule has 1 saturated heterocycles. The van der Waals surface area contributed by atoms with Crippen LogP contribution in [0.3, 0.4) is 0 Å². The summed E-state index contributed by atoms with van der Waals surface area (Å²) in [5.74, 6) is 2.17. The Morgan fingerprint density at radius 1 is 1.09 bits per heavy atom. The molecule has 2 fully saturated rings. The average molecular weight is 305 g/mol. The topological polar surface area (TPSA) is 57.4 Å². The number of aromatic nitrogens is 3. The summed E-state index contributed by atoms with van der Waals surface area (Å²) in [6, 6.07) is 0.969. The zero-order valence-corrected chi connectivity index (χ0v) is 13.5.